The lowest BCUT2D eigenvalue weighted by Crippen LogP contribution is -2.43. The van der Waals surface area contributed by atoms with Crippen molar-refractivity contribution in [3.05, 3.63) is 0 Å². The van der Waals surface area contributed by atoms with Crippen LogP contribution in [0.2, 0.25) is 0 Å². The molecule has 0 bridgehead atoms. The summed E-state index contributed by atoms with van der Waals surface area (Å²) in [6.07, 6.45) is 10.2. The van der Waals surface area contributed by atoms with Crippen molar-refractivity contribution in [2.45, 2.75) is 73.9 Å². The summed E-state index contributed by atoms with van der Waals surface area (Å²) in [4.78, 5) is 12.1. The molecule has 0 N–H and O–H groups in total. The van der Waals surface area contributed by atoms with E-state index in [-0.39, 0.29) is 20.5 Å². The van der Waals surface area contributed by atoms with Crippen LogP contribution in [0.15, 0.2) is 0 Å². The largest absolute Gasteiger partial charge is 0.466 e. The predicted molar refractivity (Wildman–Crippen MR) is 96.5 cm³/mol. The summed E-state index contributed by atoms with van der Waals surface area (Å²) < 4.78 is 5.65. The van der Waals surface area contributed by atoms with Crippen LogP contribution in [0.5, 0.6) is 0 Å². The van der Waals surface area contributed by atoms with E-state index < -0.39 is 0 Å². The van der Waals surface area contributed by atoms with Crippen LogP contribution in [0, 0.1) is 23.7 Å². The highest BCUT2D eigenvalue weighted by atomic mass is 79.9. The van der Waals surface area contributed by atoms with Gasteiger partial charge in [0.25, 0.3) is 0 Å². The Bertz CT molecular complexity index is 415. The number of unbranched alkanes of at least 4 members (excludes halogenated alkanes) is 2. The molecule has 0 aromatic carbocycles. The Morgan fingerprint density at radius 2 is 1.64 bits per heavy atom. The molecule has 0 aliphatic heterocycles. The smallest absolute Gasteiger partial charge is 0.309 e. The number of rotatable bonds is 6. The Morgan fingerprint density at radius 3 is 2.14 bits per heavy atom. The Morgan fingerprint density at radius 1 is 1.05 bits per heavy atom. The Kier molecular flexibility index (Phi) is 5.01. The van der Waals surface area contributed by atoms with Crippen LogP contribution in [0.4, 0.5) is 0 Å². The van der Waals surface area contributed by atoms with Crippen molar-refractivity contribution in [3.63, 3.8) is 0 Å². The molecule has 3 fully saturated rings. The lowest BCUT2D eigenvalue weighted by atomic mass is 9.81. The predicted octanol–water partition coefficient (Wildman–Crippen LogP) is 5.46. The van der Waals surface area contributed by atoms with Crippen LogP contribution in [0.25, 0.3) is 0 Å². The first-order valence-electron chi connectivity index (χ1n) is 8.98. The molecule has 0 saturated heterocycles. The van der Waals surface area contributed by atoms with Crippen molar-refractivity contribution in [2.75, 3.05) is 6.61 Å². The highest BCUT2D eigenvalue weighted by molar-refractivity contribution is 9.13. The zero-order chi connectivity index (χ0) is 16.0. The van der Waals surface area contributed by atoms with Gasteiger partial charge in [0.15, 0.2) is 0 Å². The molecule has 4 heteroatoms. The lowest BCUT2D eigenvalue weighted by molar-refractivity contribution is -0.145. The minimum atomic E-state index is 0.0455. The fraction of sp³-hybridized carbons (Fsp3) is 0.944. The van der Waals surface area contributed by atoms with Crippen LogP contribution in [-0.2, 0) is 9.53 Å². The Hall–Kier alpha value is 0.430. The molecule has 4 unspecified atom stereocenters. The van der Waals surface area contributed by atoms with Crippen molar-refractivity contribution in [1.29, 1.82) is 0 Å². The molecule has 0 radical (unpaired) electrons. The third kappa shape index (κ3) is 2.92. The van der Waals surface area contributed by atoms with Gasteiger partial charge in [0.05, 0.1) is 12.5 Å². The molecule has 0 amide bonds. The first-order valence-corrected chi connectivity index (χ1v) is 10.6. The summed E-state index contributed by atoms with van der Waals surface area (Å²) in [6.45, 7) is 4.68. The zero-order valence-corrected chi connectivity index (χ0v) is 16.9. The number of carbonyl (C=O) groups is 1. The van der Waals surface area contributed by atoms with Crippen molar-refractivity contribution in [2.24, 2.45) is 23.7 Å². The highest BCUT2D eigenvalue weighted by Gasteiger charge is 2.69. The molecule has 0 heterocycles. The third-order valence-corrected chi connectivity index (χ3v) is 9.60. The van der Waals surface area contributed by atoms with E-state index in [1.807, 2.05) is 6.92 Å². The van der Waals surface area contributed by atoms with Gasteiger partial charge in [-0.2, -0.15) is 0 Å². The number of hydrogen-bond acceptors (Lipinski definition) is 2. The molecule has 3 aliphatic carbocycles. The number of halogens is 2. The van der Waals surface area contributed by atoms with E-state index in [9.17, 15) is 4.79 Å². The number of alkyl halides is 2. The Balaban J connectivity index is 1.62. The van der Waals surface area contributed by atoms with E-state index in [4.69, 9.17) is 4.74 Å². The average Bonchev–Trinajstić information content (AvgIpc) is 3.02. The van der Waals surface area contributed by atoms with Crippen molar-refractivity contribution in [1.82, 2.24) is 0 Å². The van der Waals surface area contributed by atoms with E-state index >= 15 is 0 Å². The van der Waals surface area contributed by atoms with Gasteiger partial charge in [-0.25, -0.2) is 0 Å². The lowest BCUT2D eigenvalue weighted by Gasteiger charge is -2.41. The van der Waals surface area contributed by atoms with Gasteiger partial charge in [-0.15, -0.1) is 0 Å². The maximum atomic E-state index is 12.1. The molecule has 22 heavy (non-hydrogen) atoms. The molecule has 2 nitrogen and oxygen atoms in total. The van der Waals surface area contributed by atoms with E-state index in [1.165, 1.54) is 38.5 Å². The van der Waals surface area contributed by atoms with Gasteiger partial charge in [0, 0.05) is 8.65 Å². The molecule has 3 saturated carbocycles. The SMILES string of the molecule is CCCCCC1CC2(Br)CC3C(CC2(Br)C1)C3C(=O)OCC. The minimum absolute atomic E-state index is 0.0455. The summed E-state index contributed by atoms with van der Waals surface area (Å²) in [5, 5.41) is 0. The van der Waals surface area contributed by atoms with Crippen molar-refractivity contribution < 1.29 is 9.53 Å². The van der Waals surface area contributed by atoms with Gasteiger partial charge in [0.2, 0.25) is 0 Å². The zero-order valence-electron chi connectivity index (χ0n) is 13.7. The van der Waals surface area contributed by atoms with Gasteiger partial charge in [-0.05, 0) is 50.4 Å². The maximum absolute atomic E-state index is 12.1. The molecule has 0 aromatic rings. The van der Waals surface area contributed by atoms with Gasteiger partial charge < -0.3 is 4.74 Å². The second-order valence-corrected chi connectivity index (χ2v) is 10.8. The number of ether oxygens (including phenoxy) is 1. The Labute approximate surface area is 151 Å². The first-order chi connectivity index (χ1) is 10.4. The van der Waals surface area contributed by atoms with Gasteiger partial charge >= 0.3 is 5.97 Å². The number of hydrogen-bond donors (Lipinski definition) is 0. The number of esters is 1. The summed E-state index contributed by atoms with van der Waals surface area (Å²) in [5.41, 5.74) is 0. The van der Waals surface area contributed by atoms with Crippen LogP contribution >= 0.6 is 31.9 Å². The topological polar surface area (TPSA) is 26.3 Å². The van der Waals surface area contributed by atoms with Crippen LogP contribution in [0.3, 0.4) is 0 Å². The van der Waals surface area contributed by atoms with Crippen LogP contribution < -0.4 is 0 Å². The third-order valence-electron chi connectivity index (χ3n) is 6.25. The molecule has 0 spiro atoms. The molecule has 3 aliphatic rings. The summed E-state index contributed by atoms with van der Waals surface area (Å²) in [7, 11) is 0. The minimum Gasteiger partial charge on any atom is -0.466 e. The molecule has 126 valence electrons. The van der Waals surface area contributed by atoms with Gasteiger partial charge in [-0.1, -0.05) is 64.5 Å². The molecular formula is C18H28Br2O2. The van der Waals surface area contributed by atoms with E-state index in [2.05, 4.69) is 38.8 Å². The second kappa shape index (κ2) is 6.38. The second-order valence-electron chi connectivity index (χ2n) is 7.71. The van der Waals surface area contributed by atoms with Crippen LogP contribution in [0.1, 0.15) is 65.2 Å². The van der Waals surface area contributed by atoms with Gasteiger partial charge in [-0.3, -0.25) is 4.79 Å². The van der Waals surface area contributed by atoms with E-state index in [1.54, 1.807) is 0 Å². The maximum Gasteiger partial charge on any atom is 0.309 e. The molecular weight excluding hydrogens is 408 g/mol. The van der Waals surface area contributed by atoms with Crippen molar-refractivity contribution in [3.8, 4) is 0 Å². The fourth-order valence-corrected chi connectivity index (χ4v) is 7.42. The molecule has 4 atom stereocenters. The monoisotopic (exact) mass is 434 g/mol. The molecule has 3 rings (SSSR count). The van der Waals surface area contributed by atoms with Crippen LogP contribution in [-0.4, -0.2) is 21.2 Å². The van der Waals surface area contributed by atoms with Gasteiger partial charge in [0.1, 0.15) is 0 Å². The highest BCUT2D eigenvalue weighted by Crippen LogP contribution is 2.71. The summed E-state index contributed by atoms with van der Waals surface area (Å²) in [6, 6.07) is 0. The fourth-order valence-electron chi connectivity index (χ4n) is 5.11. The average molecular weight is 436 g/mol. The quantitative estimate of drug-likeness (QED) is 0.314. The summed E-state index contributed by atoms with van der Waals surface area (Å²) in [5.74, 6) is 2.16. The summed E-state index contributed by atoms with van der Waals surface area (Å²) >= 11 is 8.22. The standard InChI is InChI=1S/C18H28Br2O2/c1-3-5-6-7-12-8-17(19)10-13-14(11-18(17,20)9-12)15(13)16(21)22-4-2/h12-15H,3-11H2,1-2H3. The first kappa shape index (κ1) is 17.3. The van der Waals surface area contributed by atoms with E-state index in [0.29, 0.717) is 18.4 Å². The van der Waals surface area contributed by atoms with Crippen molar-refractivity contribution >= 4 is 37.8 Å². The van der Waals surface area contributed by atoms with E-state index in [0.717, 1.165) is 18.8 Å². The number of fused-ring (bicyclic) bond motifs is 2. The molecule has 0 aromatic heterocycles. The normalized spacial score (nSPS) is 46.0. The number of carbonyl (C=O) groups excluding carboxylic acids is 1.